The zero-order chi connectivity index (χ0) is 16.3. The van der Waals surface area contributed by atoms with Crippen LogP contribution in [0.3, 0.4) is 0 Å². The van der Waals surface area contributed by atoms with Gasteiger partial charge in [-0.2, -0.15) is 4.31 Å². The van der Waals surface area contributed by atoms with E-state index in [1.54, 1.807) is 6.92 Å². The fourth-order valence-electron chi connectivity index (χ4n) is 2.18. The molecule has 0 atom stereocenters. The van der Waals surface area contributed by atoms with Crippen molar-refractivity contribution in [2.75, 3.05) is 32.8 Å². The van der Waals surface area contributed by atoms with Crippen LogP contribution < -0.4 is 0 Å². The Bertz CT molecular complexity index is 638. The van der Waals surface area contributed by atoms with Crippen LogP contribution in [0.5, 0.6) is 0 Å². The van der Waals surface area contributed by atoms with E-state index in [1.165, 1.54) is 4.90 Å². The van der Waals surface area contributed by atoms with Gasteiger partial charge in [0, 0.05) is 26.2 Å². The number of ether oxygens (including phenoxy) is 1. The lowest BCUT2D eigenvalue weighted by Crippen LogP contribution is -2.50. The fraction of sp³-hybridized carbons (Fsp3) is 0.462. The number of rotatable bonds is 3. The van der Waals surface area contributed by atoms with Crippen molar-refractivity contribution in [1.29, 1.82) is 0 Å². The number of halogens is 2. The van der Waals surface area contributed by atoms with Gasteiger partial charge < -0.3 is 9.64 Å². The third-order valence-corrected chi connectivity index (χ3v) is 5.23. The standard InChI is InChI=1S/C13H16F2N2O4S/c1-2-21-13(18)16-6-8-17(9-7-16)22(19,20)12-10(14)4-3-5-11(12)15/h3-5H,2,6-9H2,1H3. The Morgan fingerprint density at radius 3 is 2.23 bits per heavy atom. The van der Waals surface area contributed by atoms with E-state index in [4.69, 9.17) is 4.74 Å². The molecule has 0 N–H and O–H groups in total. The van der Waals surface area contributed by atoms with Crippen molar-refractivity contribution in [2.24, 2.45) is 0 Å². The van der Waals surface area contributed by atoms with Crippen LogP contribution in [-0.2, 0) is 14.8 Å². The number of carbonyl (C=O) groups excluding carboxylic acids is 1. The second-order valence-electron chi connectivity index (χ2n) is 4.64. The van der Waals surface area contributed by atoms with Gasteiger partial charge in [0.25, 0.3) is 0 Å². The van der Waals surface area contributed by atoms with Gasteiger partial charge in [-0.1, -0.05) is 6.07 Å². The highest BCUT2D eigenvalue weighted by atomic mass is 32.2. The van der Waals surface area contributed by atoms with Crippen molar-refractivity contribution in [3.05, 3.63) is 29.8 Å². The molecule has 1 saturated heterocycles. The molecule has 9 heteroatoms. The van der Waals surface area contributed by atoms with Crippen molar-refractivity contribution in [2.45, 2.75) is 11.8 Å². The van der Waals surface area contributed by atoms with Gasteiger partial charge in [-0.3, -0.25) is 0 Å². The second-order valence-corrected chi connectivity index (χ2v) is 6.52. The predicted molar refractivity (Wildman–Crippen MR) is 73.7 cm³/mol. The van der Waals surface area contributed by atoms with Crippen molar-refractivity contribution in [3.63, 3.8) is 0 Å². The maximum atomic E-state index is 13.7. The Hall–Kier alpha value is -1.74. The van der Waals surface area contributed by atoms with Gasteiger partial charge in [0.05, 0.1) is 6.61 Å². The molecule has 1 aromatic rings. The number of amides is 1. The van der Waals surface area contributed by atoms with Crippen molar-refractivity contribution in [1.82, 2.24) is 9.21 Å². The lowest BCUT2D eigenvalue weighted by Gasteiger charge is -2.33. The zero-order valence-corrected chi connectivity index (χ0v) is 12.8. The smallest absolute Gasteiger partial charge is 0.409 e. The summed E-state index contributed by atoms with van der Waals surface area (Å²) in [6.45, 7) is 2.00. The largest absolute Gasteiger partial charge is 0.450 e. The number of sulfonamides is 1. The summed E-state index contributed by atoms with van der Waals surface area (Å²) in [5.74, 6) is -2.26. The van der Waals surface area contributed by atoms with Crippen LogP contribution in [0, 0.1) is 11.6 Å². The first-order chi connectivity index (χ1) is 10.4. The van der Waals surface area contributed by atoms with Gasteiger partial charge in [-0.05, 0) is 19.1 Å². The second kappa shape index (κ2) is 6.57. The predicted octanol–water partition coefficient (Wildman–Crippen LogP) is 1.43. The van der Waals surface area contributed by atoms with Gasteiger partial charge in [0.15, 0.2) is 4.90 Å². The number of hydrogen-bond acceptors (Lipinski definition) is 4. The van der Waals surface area contributed by atoms with E-state index in [1.807, 2.05) is 0 Å². The first kappa shape index (κ1) is 16.6. The minimum absolute atomic E-state index is 0.0467. The fourth-order valence-corrected chi connectivity index (χ4v) is 3.72. The minimum atomic E-state index is -4.28. The molecule has 2 rings (SSSR count). The molecule has 0 radical (unpaired) electrons. The molecule has 0 aliphatic carbocycles. The Kier molecular flexibility index (Phi) is 4.97. The summed E-state index contributed by atoms with van der Waals surface area (Å²) in [6.07, 6.45) is -0.531. The molecule has 0 spiro atoms. The van der Waals surface area contributed by atoms with Crippen LogP contribution in [-0.4, -0.2) is 56.5 Å². The minimum Gasteiger partial charge on any atom is -0.450 e. The highest BCUT2D eigenvalue weighted by Gasteiger charge is 2.34. The van der Waals surface area contributed by atoms with Gasteiger partial charge in [0.2, 0.25) is 10.0 Å². The Morgan fingerprint density at radius 1 is 1.18 bits per heavy atom. The quantitative estimate of drug-likeness (QED) is 0.839. The number of piperazine rings is 1. The average molecular weight is 334 g/mol. The van der Waals surface area contributed by atoms with E-state index in [9.17, 15) is 22.0 Å². The third kappa shape index (κ3) is 3.20. The number of benzene rings is 1. The van der Waals surface area contributed by atoms with E-state index in [0.717, 1.165) is 22.5 Å². The van der Waals surface area contributed by atoms with Gasteiger partial charge >= 0.3 is 6.09 Å². The molecule has 22 heavy (non-hydrogen) atoms. The molecular formula is C13H16F2N2O4S. The molecule has 1 aromatic carbocycles. The highest BCUT2D eigenvalue weighted by molar-refractivity contribution is 7.89. The van der Waals surface area contributed by atoms with Gasteiger partial charge in [-0.15, -0.1) is 0 Å². The number of hydrogen-bond donors (Lipinski definition) is 0. The normalized spacial score (nSPS) is 16.6. The third-order valence-electron chi connectivity index (χ3n) is 3.28. The molecule has 122 valence electrons. The van der Waals surface area contributed by atoms with Gasteiger partial charge in [-0.25, -0.2) is 22.0 Å². The van der Waals surface area contributed by atoms with Crippen LogP contribution in [0.1, 0.15) is 6.92 Å². The Morgan fingerprint density at radius 2 is 1.73 bits per heavy atom. The van der Waals surface area contributed by atoms with Crippen LogP contribution in [0.15, 0.2) is 23.1 Å². The number of nitrogens with zero attached hydrogens (tertiary/aromatic N) is 2. The maximum Gasteiger partial charge on any atom is 0.409 e. The van der Waals surface area contributed by atoms with Crippen LogP contribution in [0.2, 0.25) is 0 Å². The zero-order valence-electron chi connectivity index (χ0n) is 12.0. The van der Waals surface area contributed by atoms with E-state index in [2.05, 4.69) is 0 Å². The van der Waals surface area contributed by atoms with Crippen molar-refractivity contribution < 1.29 is 26.7 Å². The molecule has 1 fully saturated rings. The summed E-state index contributed by atoms with van der Waals surface area (Å²) in [7, 11) is -4.28. The molecular weight excluding hydrogens is 318 g/mol. The summed E-state index contributed by atoms with van der Waals surface area (Å²) in [4.78, 5) is 11.9. The molecule has 6 nitrogen and oxygen atoms in total. The highest BCUT2D eigenvalue weighted by Crippen LogP contribution is 2.23. The summed E-state index contributed by atoms with van der Waals surface area (Å²) in [5.41, 5.74) is 0. The summed E-state index contributed by atoms with van der Waals surface area (Å²) >= 11 is 0. The monoisotopic (exact) mass is 334 g/mol. The van der Waals surface area contributed by atoms with Gasteiger partial charge in [0.1, 0.15) is 11.6 Å². The lowest BCUT2D eigenvalue weighted by atomic mass is 10.3. The first-order valence-electron chi connectivity index (χ1n) is 6.73. The maximum absolute atomic E-state index is 13.7. The molecule has 0 saturated carbocycles. The Labute approximate surface area is 127 Å². The lowest BCUT2D eigenvalue weighted by molar-refractivity contribution is 0.0933. The van der Waals surface area contributed by atoms with E-state index >= 15 is 0 Å². The number of carbonyl (C=O) groups is 1. The molecule has 0 aromatic heterocycles. The van der Waals surface area contributed by atoms with E-state index < -0.39 is 32.6 Å². The van der Waals surface area contributed by atoms with Crippen molar-refractivity contribution >= 4 is 16.1 Å². The van der Waals surface area contributed by atoms with Crippen molar-refractivity contribution in [3.8, 4) is 0 Å². The average Bonchev–Trinajstić information content (AvgIpc) is 2.47. The van der Waals surface area contributed by atoms with Crippen LogP contribution in [0.25, 0.3) is 0 Å². The SMILES string of the molecule is CCOC(=O)N1CCN(S(=O)(=O)c2c(F)cccc2F)CC1. The molecule has 1 heterocycles. The van der Waals surface area contributed by atoms with E-state index in [-0.39, 0.29) is 32.8 Å². The van der Waals surface area contributed by atoms with E-state index in [0.29, 0.717) is 0 Å². The van der Waals surface area contributed by atoms with Crippen LogP contribution in [0.4, 0.5) is 13.6 Å². The molecule has 1 aliphatic heterocycles. The summed E-state index contributed by atoms with van der Waals surface area (Å²) in [6, 6.07) is 2.89. The summed E-state index contributed by atoms with van der Waals surface area (Å²) in [5, 5.41) is 0. The molecule has 0 unspecified atom stereocenters. The topological polar surface area (TPSA) is 66.9 Å². The van der Waals surface area contributed by atoms with Crippen LogP contribution >= 0.6 is 0 Å². The Balaban J connectivity index is 2.15. The molecule has 0 bridgehead atoms. The summed E-state index contributed by atoms with van der Waals surface area (Å²) < 4.78 is 57.8. The molecule has 1 aliphatic rings. The molecule has 1 amide bonds. The first-order valence-corrected chi connectivity index (χ1v) is 8.17.